The Morgan fingerprint density at radius 3 is 2.32 bits per heavy atom. The fourth-order valence-corrected chi connectivity index (χ4v) is 5.76. The fourth-order valence-electron chi connectivity index (χ4n) is 5.65. The lowest BCUT2D eigenvalue weighted by molar-refractivity contribution is -0.0688. The van der Waals surface area contributed by atoms with E-state index >= 15 is 0 Å². The number of halogens is 1. The van der Waals surface area contributed by atoms with Crippen LogP contribution in [0.15, 0.2) is 18.3 Å². The molecule has 4 saturated carbocycles. The first-order valence-corrected chi connectivity index (χ1v) is 8.84. The number of hydrogen-bond donors (Lipinski definition) is 1. The van der Waals surface area contributed by atoms with Gasteiger partial charge < -0.3 is 5.32 Å². The molecule has 1 heterocycles. The van der Waals surface area contributed by atoms with Crippen molar-refractivity contribution in [1.29, 1.82) is 0 Å². The molecule has 22 heavy (non-hydrogen) atoms. The zero-order chi connectivity index (χ0) is 15.3. The summed E-state index contributed by atoms with van der Waals surface area (Å²) >= 11 is 5.79. The van der Waals surface area contributed by atoms with Gasteiger partial charge in [0.25, 0.3) is 5.91 Å². The third kappa shape index (κ3) is 2.44. The van der Waals surface area contributed by atoms with Gasteiger partial charge in [0.15, 0.2) is 0 Å². The molecule has 3 nitrogen and oxygen atoms in total. The molecule has 1 N–H and O–H groups in total. The minimum atomic E-state index is -0.0209. The van der Waals surface area contributed by atoms with Crippen LogP contribution in [0, 0.1) is 23.2 Å². The van der Waals surface area contributed by atoms with Crippen molar-refractivity contribution >= 4 is 17.5 Å². The number of amides is 1. The zero-order valence-corrected chi connectivity index (χ0v) is 13.8. The van der Waals surface area contributed by atoms with Gasteiger partial charge in [-0.1, -0.05) is 11.6 Å². The van der Waals surface area contributed by atoms with Gasteiger partial charge in [0.2, 0.25) is 0 Å². The predicted molar refractivity (Wildman–Crippen MR) is 86.8 cm³/mol. The van der Waals surface area contributed by atoms with Crippen molar-refractivity contribution in [3.05, 3.63) is 29.0 Å². The average molecular weight is 319 g/mol. The molecule has 4 fully saturated rings. The molecule has 4 heteroatoms. The van der Waals surface area contributed by atoms with Crippen LogP contribution in [0.3, 0.4) is 0 Å². The van der Waals surface area contributed by atoms with E-state index in [1.165, 1.54) is 38.5 Å². The Labute approximate surface area is 136 Å². The summed E-state index contributed by atoms with van der Waals surface area (Å²) in [6.45, 7) is 2.20. The van der Waals surface area contributed by atoms with Crippen LogP contribution in [-0.4, -0.2) is 16.9 Å². The number of carbonyl (C=O) groups excluding carboxylic acids is 1. The monoisotopic (exact) mass is 318 g/mol. The maximum absolute atomic E-state index is 12.5. The molecule has 5 rings (SSSR count). The first-order valence-electron chi connectivity index (χ1n) is 8.46. The molecule has 1 atom stereocenters. The number of aromatic nitrogens is 1. The van der Waals surface area contributed by atoms with E-state index in [0.717, 1.165) is 17.8 Å². The van der Waals surface area contributed by atoms with E-state index in [0.29, 0.717) is 16.1 Å². The van der Waals surface area contributed by atoms with Gasteiger partial charge in [-0.05, 0) is 80.8 Å². The summed E-state index contributed by atoms with van der Waals surface area (Å²) in [6, 6.07) is 3.66. The molecule has 0 aliphatic heterocycles. The van der Waals surface area contributed by atoms with Gasteiger partial charge in [-0.2, -0.15) is 0 Å². The normalized spacial score (nSPS) is 37.1. The molecule has 0 unspecified atom stereocenters. The van der Waals surface area contributed by atoms with Crippen molar-refractivity contribution in [3.8, 4) is 0 Å². The number of nitrogens with one attached hydrogen (secondary N) is 1. The van der Waals surface area contributed by atoms with Gasteiger partial charge in [0, 0.05) is 12.2 Å². The van der Waals surface area contributed by atoms with Gasteiger partial charge in [-0.3, -0.25) is 4.79 Å². The van der Waals surface area contributed by atoms with Gasteiger partial charge in [-0.25, -0.2) is 4.98 Å². The SMILES string of the molecule is C[C@@H](NC(=O)c1ccc(Cl)nc1)C12CC3CC(CC(C3)C1)C2. The molecule has 4 aliphatic carbocycles. The van der Waals surface area contributed by atoms with Crippen molar-refractivity contribution in [2.45, 2.75) is 51.5 Å². The van der Waals surface area contributed by atoms with E-state index in [-0.39, 0.29) is 11.9 Å². The Hall–Kier alpha value is -1.09. The quantitative estimate of drug-likeness (QED) is 0.854. The first-order chi connectivity index (χ1) is 10.5. The minimum Gasteiger partial charge on any atom is -0.349 e. The minimum absolute atomic E-state index is 0.0209. The number of pyridine rings is 1. The van der Waals surface area contributed by atoms with Gasteiger partial charge in [-0.15, -0.1) is 0 Å². The molecular weight excluding hydrogens is 296 g/mol. The maximum Gasteiger partial charge on any atom is 0.253 e. The second-order valence-electron chi connectivity index (χ2n) is 7.84. The second kappa shape index (κ2) is 5.23. The number of carbonyl (C=O) groups is 1. The Bertz CT molecular complexity index is 548. The Morgan fingerprint density at radius 1 is 1.23 bits per heavy atom. The van der Waals surface area contributed by atoms with E-state index in [4.69, 9.17) is 11.6 Å². The third-order valence-electron chi connectivity index (χ3n) is 6.34. The van der Waals surface area contributed by atoms with Crippen LogP contribution in [0.25, 0.3) is 0 Å². The fraction of sp³-hybridized carbons (Fsp3) is 0.667. The molecule has 4 aliphatic rings. The lowest BCUT2D eigenvalue weighted by Crippen LogP contribution is -2.55. The number of hydrogen-bond acceptors (Lipinski definition) is 2. The van der Waals surface area contributed by atoms with E-state index in [2.05, 4.69) is 17.2 Å². The van der Waals surface area contributed by atoms with Crippen LogP contribution in [0.4, 0.5) is 0 Å². The molecule has 0 saturated heterocycles. The van der Waals surface area contributed by atoms with Crippen molar-refractivity contribution in [1.82, 2.24) is 10.3 Å². The maximum atomic E-state index is 12.5. The molecule has 1 aromatic rings. The van der Waals surface area contributed by atoms with Crippen LogP contribution < -0.4 is 5.32 Å². The zero-order valence-electron chi connectivity index (χ0n) is 13.0. The Morgan fingerprint density at radius 2 is 1.82 bits per heavy atom. The summed E-state index contributed by atoms with van der Waals surface area (Å²) in [5.74, 6) is 2.70. The highest BCUT2D eigenvalue weighted by Gasteiger charge is 2.53. The lowest BCUT2D eigenvalue weighted by Gasteiger charge is -2.59. The highest BCUT2D eigenvalue weighted by molar-refractivity contribution is 6.29. The summed E-state index contributed by atoms with van der Waals surface area (Å²) in [7, 11) is 0. The second-order valence-corrected chi connectivity index (χ2v) is 8.23. The smallest absolute Gasteiger partial charge is 0.253 e. The Balaban J connectivity index is 1.49. The molecule has 0 radical (unpaired) electrons. The topological polar surface area (TPSA) is 42.0 Å². The van der Waals surface area contributed by atoms with Gasteiger partial charge >= 0.3 is 0 Å². The molecule has 118 valence electrons. The van der Waals surface area contributed by atoms with E-state index in [1.54, 1.807) is 18.3 Å². The number of nitrogens with zero attached hydrogens (tertiary/aromatic N) is 1. The Kier molecular flexibility index (Phi) is 3.44. The summed E-state index contributed by atoms with van der Waals surface area (Å²) in [5, 5.41) is 3.67. The van der Waals surface area contributed by atoms with Crippen LogP contribution in [0.5, 0.6) is 0 Å². The van der Waals surface area contributed by atoms with Crippen molar-refractivity contribution in [2.75, 3.05) is 0 Å². The standard InChI is InChI=1S/C18H23ClN2O/c1-11(21-17(22)15-2-3-16(19)20-10-15)18-7-12-4-13(8-18)6-14(5-12)9-18/h2-3,10-14H,4-9H2,1H3,(H,21,22)/t11-,12?,13?,14?,18?/m1/s1. The van der Waals surface area contributed by atoms with E-state index in [1.807, 2.05) is 0 Å². The van der Waals surface area contributed by atoms with Crippen molar-refractivity contribution in [2.24, 2.45) is 23.2 Å². The summed E-state index contributed by atoms with van der Waals surface area (Å²) in [5.41, 5.74) is 0.936. The molecule has 1 amide bonds. The molecule has 1 aromatic heterocycles. The van der Waals surface area contributed by atoms with Crippen molar-refractivity contribution in [3.63, 3.8) is 0 Å². The summed E-state index contributed by atoms with van der Waals surface area (Å²) < 4.78 is 0. The summed E-state index contributed by atoms with van der Waals surface area (Å²) in [4.78, 5) is 16.5. The van der Waals surface area contributed by atoms with Crippen LogP contribution >= 0.6 is 11.6 Å². The highest BCUT2D eigenvalue weighted by Crippen LogP contribution is 2.61. The predicted octanol–water partition coefficient (Wildman–Crippen LogP) is 4.07. The van der Waals surface area contributed by atoms with Crippen LogP contribution in [-0.2, 0) is 0 Å². The van der Waals surface area contributed by atoms with Crippen LogP contribution in [0.1, 0.15) is 55.8 Å². The first kappa shape index (κ1) is 14.5. The summed E-state index contributed by atoms with van der Waals surface area (Å²) in [6.07, 6.45) is 9.77. The molecule has 0 spiro atoms. The molecule has 4 bridgehead atoms. The molecular formula is C18H23ClN2O. The average Bonchev–Trinajstić information content (AvgIpc) is 2.46. The van der Waals surface area contributed by atoms with Crippen molar-refractivity contribution < 1.29 is 4.79 Å². The van der Waals surface area contributed by atoms with E-state index < -0.39 is 0 Å². The number of rotatable bonds is 3. The van der Waals surface area contributed by atoms with Gasteiger partial charge in [0.1, 0.15) is 5.15 Å². The van der Waals surface area contributed by atoms with Gasteiger partial charge in [0.05, 0.1) is 5.56 Å². The van der Waals surface area contributed by atoms with Crippen LogP contribution in [0.2, 0.25) is 5.15 Å². The lowest BCUT2D eigenvalue weighted by atomic mass is 9.48. The highest BCUT2D eigenvalue weighted by atomic mass is 35.5. The molecule has 0 aromatic carbocycles. The van der Waals surface area contributed by atoms with E-state index in [9.17, 15) is 4.79 Å². The third-order valence-corrected chi connectivity index (χ3v) is 6.56. The largest absolute Gasteiger partial charge is 0.349 e.